The van der Waals surface area contributed by atoms with Crippen LogP contribution in [0.1, 0.15) is 73.1 Å². The van der Waals surface area contributed by atoms with Gasteiger partial charge in [-0.15, -0.1) is 0 Å². The molecule has 0 amide bonds. The summed E-state index contributed by atoms with van der Waals surface area (Å²) in [6.07, 6.45) is 5.47. The molecule has 0 radical (unpaired) electrons. The summed E-state index contributed by atoms with van der Waals surface area (Å²) in [5, 5.41) is 0. The van der Waals surface area contributed by atoms with Crippen LogP contribution >= 0.6 is 0 Å². The fraction of sp³-hybridized carbons (Fsp3) is 0.789. The maximum Gasteiger partial charge on any atom is 0.137 e. The summed E-state index contributed by atoms with van der Waals surface area (Å²) in [5.41, 5.74) is 2.97. The number of rotatable bonds is 5. The number of hydrogen-bond donors (Lipinski definition) is 0. The van der Waals surface area contributed by atoms with Gasteiger partial charge in [0.05, 0.1) is 0 Å². The summed E-state index contributed by atoms with van der Waals surface area (Å²) >= 11 is 0. The van der Waals surface area contributed by atoms with Crippen molar-refractivity contribution >= 4 is 11.6 Å². The van der Waals surface area contributed by atoms with Crippen molar-refractivity contribution in [3.05, 3.63) is 11.1 Å². The van der Waals surface area contributed by atoms with Crippen molar-refractivity contribution in [2.75, 3.05) is 0 Å². The molecule has 1 saturated carbocycles. The van der Waals surface area contributed by atoms with Crippen LogP contribution in [-0.4, -0.2) is 11.6 Å². The Labute approximate surface area is 129 Å². The Morgan fingerprint density at radius 2 is 2.00 bits per heavy atom. The summed E-state index contributed by atoms with van der Waals surface area (Å²) in [7, 11) is 0. The molecular weight excluding hydrogens is 260 g/mol. The molecule has 0 aromatic heterocycles. The van der Waals surface area contributed by atoms with E-state index in [1.807, 2.05) is 0 Å². The largest absolute Gasteiger partial charge is 0.300 e. The van der Waals surface area contributed by atoms with Gasteiger partial charge in [-0.3, -0.25) is 4.79 Å². The smallest absolute Gasteiger partial charge is 0.137 e. The zero-order valence-electron chi connectivity index (χ0n) is 14.3. The third-order valence-electron chi connectivity index (χ3n) is 5.86. The Bertz CT molecular complexity index is 472. The minimum Gasteiger partial charge on any atom is -0.300 e. The van der Waals surface area contributed by atoms with Gasteiger partial charge in [0.15, 0.2) is 0 Å². The molecular formula is C19H30O2. The van der Waals surface area contributed by atoms with Crippen LogP contribution < -0.4 is 0 Å². The summed E-state index contributed by atoms with van der Waals surface area (Å²) in [6, 6.07) is 0. The highest BCUT2D eigenvalue weighted by Gasteiger charge is 2.49. The van der Waals surface area contributed by atoms with Crippen LogP contribution in [0.2, 0.25) is 0 Å². The summed E-state index contributed by atoms with van der Waals surface area (Å²) < 4.78 is 0. The maximum atomic E-state index is 12.4. The summed E-state index contributed by atoms with van der Waals surface area (Å²) in [4.78, 5) is 23.9. The molecule has 21 heavy (non-hydrogen) atoms. The lowest BCUT2D eigenvalue weighted by atomic mass is 9.66. The Hall–Kier alpha value is -0.920. The van der Waals surface area contributed by atoms with Gasteiger partial charge in [0.25, 0.3) is 0 Å². The molecule has 1 fully saturated rings. The number of ketones is 2. The van der Waals surface area contributed by atoms with Crippen molar-refractivity contribution in [3.63, 3.8) is 0 Å². The predicted octanol–water partition coefficient (Wildman–Crippen LogP) is 4.72. The van der Waals surface area contributed by atoms with Crippen molar-refractivity contribution in [3.8, 4) is 0 Å². The second-order valence-corrected chi connectivity index (χ2v) is 7.74. The van der Waals surface area contributed by atoms with Gasteiger partial charge in [0.2, 0.25) is 0 Å². The SMILES string of the molecule is CC(=O)CCC1=C(C(C)C)CCC1(C)C1C(=O)CCC1C. The van der Waals surface area contributed by atoms with Gasteiger partial charge in [0.1, 0.15) is 11.6 Å². The Kier molecular flexibility index (Phi) is 4.75. The van der Waals surface area contributed by atoms with Gasteiger partial charge in [-0.1, -0.05) is 38.8 Å². The lowest BCUT2D eigenvalue weighted by Gasteiger charge is -2.37. The average molecular weight is 290 g/mol. The van der Waals surface area contributed by atoms with Gasteiger partial charge >= 0.3 is 0 Å². The molecule has 0 aliphatic heterocycles. The van der Waals surface area contributed by atoms with E-state index in [1.165, 1.54) is 11.1 Å². The van der Waals surface area contributed by atoms with E-state index in [9.17, 15) is 9.59 Å². The summed E-state index contributed by atoms with van der Waals surface area (Å²) in [6.45, 7) is 10.7. The molecule has 2 nitrogen and oxygen atoms in total. The van der Waals surface area contributed by atoms with Crippen LogP contribution in [0.15, 0.2) is 11.1 Å². The fourth-order valence-electron chi connectivity index (χ4n) is 4.78. The molecule has 3 atom stereocenters. The maximum absolute atomic E-state index is 12.4. The number of carbonyl (C=O) groups excluding carboxylic acids is 2. The van der Waals surface area contributed by atoms with E-state index in [1.54, 1.807) is 6.92 Å². The molecule has 0 spiro atoms. The van der Waals surface area contributed by atoms with E-state index in [-0.39, 0.29) is 17.1 Å². The second-order valence-electron chi connectivity index (χ2n) is 7.74. The molecule has 0 aromatic rings. The molecule has 3 unspecified atom stereocenters. The van der Waals surface area contributed by atoms with Gasteiger partial charge in [-0.05, 0) is 49.9 Å². The zero-order valence-corrected chi connectivity index (χ0v) is 14.3. The normalized spacial score (nSPS) is 33.3. The first kappa shape index (κ1) is 16.5. The monoisotopic (exact) mass is 290 g/mol. The van der Waals surface area contributed by atoms with Gasteiger partial charge in [-0.25, -0.2) is 0 Å². The predicted molar refractivity (Wildman–Crippen MR) is 86.0 cm³/mol. The van der Waals surface area contributed by atoms with E-state index < -0.39 is 0 Å². The van der Waals surface area contributed by atoms with Crippen molar-refractivity contribution in [2.24, 2.45) is 23.2 Å². The van der Waals surface area contributed by atoms with Crippen LogP contribution in [0, 0.1) is 23.2 Å². The van der Waals surface area contributed by atoms with Gasteiger partial charge in [0, 0.05) is 18.8 Å². The van der Waals surface area contributed by atoms with Crippen LogP contribution in [0.4, 0.5) is 0 Å². The van der Waals surface area contributed by atoms with Crippen LogP contribution in [-0.2, 0) is 9.59 Å². The van der Waals surface area contributed by atoms with E-state index in [2.05, 4.69) is 27.7 Å². The highest BCUT2D eigenvalue weighted by atomic mass is 16.1. The molecule has 0 saturated heterocycles. The molecule has 2 aliphatic carbocycles. The van der Waals surface area contributed by atoms with Crippen LogP contribution in [0.5, 0.6) is 0 Å². The number of hydrogen-bond acceptors (Lipinski definition) is 2. The quantitative estimate of drug-likeness (QED) is 0.686. The number of Topliss-reactive ketones (excluding diaryl/α,β-unsaturated/α-hetero) is 2. The first-order chi connectivity index (χ1) is 9.77. The molecule has 2 rings (SSSR count). The molecule has 0 heterocycles. The Morgan fingerprint density at radius 3 is 2.48 bits per heavy atom. The lowest BCUT2D eigenvalue weighted by molar-refractivity contribution is -0.124. The lowest BCUT2D eigenvalue weighted by Crippen LogP contribution is -2.34. The number of allylic oxidation sites excluding steroid dienone is 2. The van der Waals surface area contributed by atoms with Crippen molar-refractivity contribution in [2.45, 2.75) is 73.1 Å². The molecule has 0 N–H and O–H groups in total. The standard InChI is InChI=1S/C19H30O2/c1-12(2)15-10-11-19(5,16(15)8-7-14(4)20)18-13(3)6-9-17(18)21/h12-13,18H,6-11H2,1-5H3. The first-order valence-electron chi connectivity index (χ1n) is 8.52. The van der Waals surface area contributed by atoms with Crippen molar-refractivity contribution in [1.29, 1.82) is 0 Å². The fourth-order valence-corrected chi connectivity index (χ4v) is 4.78. The Balaban J connectivity index is 2.36. The first-order valence-corrected chi connectivity index (χ1v) is 8.52. The van der Waals surface area contributed by atoms with Crippen LogP contribution in [0.3, 0.4) is 0 Å². The minimum absolute atomic E-state index is 0.00204. The van der Waals surface area contributed by atoms with E-state index >= 15 is 0 Å². The topological polar surface area (TPSA) is 34.1 Å². The molecule has 0 aromatic carbocycles. The molecule has 2 heteroatoms. The second kappa shape index (κ2) is 6.06. The van der Waals surface area contributed by atoms with E-state index in [0.29, 0.717) is 24.0 Å². The Morgan fingerprint density at radius 1 is 1.33 bits per heavy atom. The van der Waals surface area contributed by atoms with Crippen LogP contribution in [0.25, 0.3) is 0 Å². The van der Waals surface area contributed by atoms with Crippen molar-refractivity contribution < 1.29 is 9.59 Å². The summed E-state index contributed by atoms with van der Waals surface area (Å²) in [5.74, 6) is 1.90. The minimum atomic E-state index is 0.00204. The molecule has 118 valence electrons. The average Bonchev–Trinajstić information content (AvgIpc) is 2.88. The highest BCUT2D eigenvalue weighted by Crippen LogP contribution is 2.56. The van der Waals surface area contributed by atoms with E-state index in [0.717, 1.165) is 32.1 Å². The highest BCUT2D eigenvalue weighted by molar-refractivity contribution is 5.85. The van der Waals surface area contributed by atoms with E-state index in [4.69, 9.17) is 0 Å². The van der Waals surface area contributed by atoms with Crippen molar-refractivity contribution in [1.82, 2.24) is 0 Å². The third kappa shape index (κ3) is 3.00. The molecule has 2 aliphatic rings. The molecule has 0 bridgehead atoms. The van der Waals surface area contributed by atoms with Gasteiger partial charge in [-0.2, -0.15) is 0 Å². The third-order valence-corrected chi connectivity index (χ3v) is 5.86. The van der Waals surface area contributed by atoms with Gasteiger partial charge < -0.3 is 4.79 Å². The zero-order chi connectivity index (χ0) is 15.8. The number of carbonyl (C=O) groups is 2.